The Bertz CT molecular complexity index is 843. The van der Waals surface area contributed by atoms with Gasteiger partial charge in [0.05, 0.1) is 10.6 Å². The summed E-state index contributed by atoms with van der Waals surface area (Å²) in [6.07, 6.45) is 0. The molecule has 0 atom stereocenters. The van der Waals surface area contributed by atoms with Gasteiger partial charge in [0.25, 0.3) is 10.0 Å². The van der Waals surface area contributed by atoms with Crippen LogP contribution in [0.3, 0.4) is 0 Å². The molecule has 0 heterocycles. The number of likely N-dealkylation sites (N-methyl/N-ethyl adjacent to an activating group) is 1. The Hall–Kier alpha value is -2.34. The van der Waals surface area contributed by atoms with E-state index in [0.29, 0.717) is 5.69 Å². The number of rotatable bonds is 5. The number of aryl methyl sites for hydroxylation is 3. The first-order valence-electron chi connectivity index (χ1n) is 7.63. The van der Waals surface area contributed by atoms with E-state index in [-0.39, 0.29) is 17.3 Å². The molecule has 0 aliphatic carbocycles. The van der Waals surface area contributed by atoms with Crippen LogP contribution in [0.15, 0.2) is 47.4 Å². The van der Waals surface area contributed by atoms with Crippen LogP contribution >= 0.6 is 0 Å². The van der Waals surface area contributed by atoms with Crippen LogP contribution in [0.5, 0.6) is 0 Å². The Kier molecular flexibility index (Phi) is 5.29. The van der Waals surface area contributed by atoms with E-state index >= 15 is 0 Å². The predicted molar refractivity (Wildman–Crippen MR) is 95.7 cm³/mol. The monoisotopic (exact) mass is 346 g/mol. The number of amides is 1. The van der Waals surface area contributed by atoms with Gasteiger partial charge in [-0.3, -0.25) is 9.10 Å². The highest BCUT2D eigenvalue weighted by atomic mass is 32.2. The van der Waals surface area contributed by atoms with Gasteiger partial charge in [-0.1, -0.05) is 35.4 Å². The molecule has 2 aromatic carbocycles. The molecule has 6 heteroatoms. The highest BCUT2D eigenvalue weighted by molar-refractivity contribution is 7.92. The lowest BCUT2D eigenvalue weighted by Crippen LogP contribution is -2.40. The van der Waals surface area contributed by atoms with Crippen molar-refractivity contribution in [2.75, 3.05) is 17.9 Å². The normalized spacial score (nSPS) is 11.2. The lowest BCUT2D eigenvalue weighted by atomic mass is 10.1. The van der Waals surface area contributed by atoms with E-state index in [2.05, 4.69) is 5.32 Å². The number of nitrogens with zero attached hydrogens (tertiary/aromatic N) is 1. The Morgan fingerprint density at radius 2 is 1.58 bits per heavy atom. The van der Waals surface area contributed by atoms with E-state index in [4.69, 9.17) is 0 Å². The molecule has 0 spiro atoms. The van der Waals surface area contributed by atoms with Crippen molar-refractivity contribution in [2.24, 2.45) is 0 Å². The summed E-state index contributed by atoms with van der Waals surface area (Å²) in [7, 11) is -2.35. The van der Waals surface area contributed by atoms with Gasteiger partial charge in [-0.05, 0) is 44.5 Å². The third kappa shape index (κ3) is 3.76. The summed E-state index contributed by atoms with van der Waals surface area (Å²) in [6.45, 7) is 5.40. The largest absolute Gasteiger partial charge is 0.358 e. The van der Waals surface area contributed by atoms with Crippen LogP contribution in [0.2, 0.25) is 0 Å². The SMILES string of the molecule is CNC(=O)CN(c1ccc(C)cc1C)S(=O)(=O)c1ccc(C)cc1. The molecule has 0 aromatic heterocycles. The second-order valence-corrected chi connectivity index (χ2v) is 7.65. The molecule has 0 unspecified atom stereocenters. The molecule has 2 rings (SSSR count). The smallest absolute Gasteiger partial charge is 0.264 e. The van der Waals surface area contributed by atoms with E-state index < -0.39 is 10.0 Å². The van der Waals surface area contributed by atoms with Gasteiger partial charge in [-0.15, -0.1) is 0 Å². The zero-order chi connectivity index (χ0) is 17.9. The van der Waals surface area contributed by atoms with Crippen molar-refractivity contribution in [3.05, 3.63) is 59.2 Å². The molecular weight excluding hydrogens is 324 g/mol. The molecule has 5 nitrogen and oxygen atoms in total. The zero-order valence-corrected chi connectivity index (χ0v) is 15.1. The number of anilines is 1. The topological polar surface area (TPSA) is 66.5 Å². The van der Waals surface area contributed by atoms with Gasteiger partial charge in [-0.25, -0.2) is 8.42 Å². The summed E-state index contributed by atoms with van der Waals surface area (Å²) in [6, 6.07) is 12.1. The summed E-state index contributed by atoms with van der Waals surface area (Å²) >= 11 is 0. The quantitative estimate of drug-likeness (QED) is 0.905. The fourth-order valence-corrected chi connectivity index (χ4v) is 3.92. The minimum Gasteiger partial charge on any atom is -0.358 e. The molecule has 24 heavy (non-hydrogen) atoms. The third-order valence-electron chi connectivity index (χ3n) is 3.80. The first kappa shape index (κ1) is 18.0. The molecule has 1 N–H and O–H groups in total. The number of sulfonamides is 1. The van der Waals surface area contributed by atoms with Crippen LogP contribution in [0.25, 0.3) is 0 Å². The maximum Gasteiger partial charge on any atom is 0.264 e. The fraction of sp³-hybridized carbons (Fsp3) is 0.278. The highest BCUT2D eigenvalue weighted by Gasteiger charge is 2.27. The molecule has 0 bridgehead atoms. The molecule has 0 aliphatic rings. The molecule has 2 aromatic rings. The second-order valence-electron chi connectivity index (χ2n) is 5.79. The van der Waals surface area contributed by atoms with Crippen molar-refractivity contribution in [3.63, 3.8) is 0 Å². The molecule has 0 radical (unpaired) electrons. The number of hydrogen-bond donors (Lipinski definition) is 1. The Morgan fingerprint density at radius 3 is 2.12 bits per heavy atom. The maximum atomic E-state index is 13.1. The van der Waals surface area contributed by atoms with Gasteiger partial charge in [0, 0.05) is 7.05 Å². The van der Waals surface area contributed by atoms with Crippen LogP contribution in [0.1, 0.15) is 16.7 Å². The Labute approximate surface area is 143 Å². The standard InChI is InChI=1S/C18H22N2O3S/c1-13-5-8-16(9-6-13)24(22,23)20(12-18(21)19-4)17-10-7-14(2)11-15(17)3/h5-11H,12H2,1-4H3,(H,19,21). The Balaban J connectivity index is 2.57. The van der Waals surface area contributed by atoms with Crippen molar-refractivity contribution in [1.82, 2.24) is 5.32 Å². The molecule has 0 saturated carbocycles. The maximum absolute atomic E-state index is 13.1. The average molecular weight is 346 g/mol. The molecular formula is C18H22N2O3S. The van der Waals surface area contributed by atoms with Crippen LogP contribution < -0.4 is 9.62 Å². The number of hydrogen-bond acceptors (Lipinski definition) is 3. The van der Waals surface area contributed by atoms with Crippen LogP contribution in [-0.2, 0) is 14.8 Å². The van der Waals surface area contributed by atoms with Gasteiger partial charge in [0.15, 0.2) is 0 Å². The lowest BCUT2D eigenvalue weighted by Gasteiger charge is -2.25. The van der Waals surface area contributed by atoms with Gasteiger partial charge in [0.2, 0.25) is 5.91 Å². The van der Waals surface area contributed by atoms with Crippen molar-refractivity contribution >= 4 is 21.6 Å². The van der Waals surface area contributed by atoms with Gasteiger partial charge in [0.1, 0.15) is 6.54 Å². The van der Waals surface area contributed by atoms with E-state index in [1.54, 1.807) is 30.3 Å². The van der Waals surface area contributed by atoms with E-state index in [1.807, 2.05) is 32.9 Å². The van der Waals surface area contributed by atoms with Crippen molar-refractivity contribution in [3.8, 4) is 0 Å². The summed E-state index contributed by atoms with van der Waals surface area (Å²) < 4.78 is 27.3. The number of carbonyl (C=O) groups is 1. The second kappa shape index (κ2) is 7.05. The fourth-order valence-electron chi connectivity index (χ4n) is 2.43. The van der Waals surface area contributed by atoms with E-state index in [9.17, 15) is 13.2 Å². The molecule has 1 amide bonds. The minimum atomic E-state index is -3.84. The summed E-state index contributed by atoms with van der Waals surface area (Å²) in [5.41, 5.74) is 3.31. The van der Waals surface area contributed by atoms with Crippen molar-refractivity contribution in [2.45, 2.75) is 25.7 Å². The van der Waals surface area contributed by atoms with Gasteiger partial charge >= 0.3 is 0 Å². The molecule has 128 valence electrons. The number of nitrogens with one attached hydrogen (secondary N) is 1. The molecule has 0 aliphatic heterocycles. The number of carbonyl (C=O) groups excluding carboxylic acids is 1. The minimum absolute atomic E-state index is 0.164. The van der Waals surface area contributed by atoms with Crippen molar-refractivity contribution in [1.29, 1.82) is 0 Å². The third-order valence-corrected chi connectivity index (χ3v) is 5.57. The van der Waals surface area contributed by atoms with Gasteiger partial charge < -0.3 is 5.32 Å². The van der Waals surface area contributed by atoms with E-state index in [1.165, 1.54) is 7.05 Å². The number of benzene rings is 2. The van der Waals surface area contributed by atoms with Crippen LogP contribution in [0, 0.1) is 20.8 Å². The zero-order valence-electron chi connectivity index (χ0n) is 14.3. The predicted octanol–water partition coefficient (Wildman–Crippen LogP) is 2.55. The van der Waals surface area contributed by atoms with Gasteiger partial charge in [-0.2, -0.15) is 0 Å². The van der Waals surface area contributed by atoms with Crippen LogP contribution in [0.4, 0.5) is 5.69 Å². The first-order chi connectivity index (χ1) is 11.3. The molecule has 0 fully saturated rings. The highest BCUT2D eigenvalue weighted by Crippen LogP contribution is 2.27. The lowest BCUT2D eigenvalue weighted by molar-refractivity contribution is -0.119. The molecule has 0 saturated heterocycles. The Morgan fingerprint density at radius 1 is 1.00 bits per heavy atom. The summed E-state index contributed by atoms with van der Waals surface area (Å²) in [5.74, 6) is -0.370. The summed E-state index contributed by atoms with van der Waals surface area (Å²) in [4.78, 5) is 12.1. The summed E-state index contributed by atoms with van der Waals surface area (Å²) in [5, 5.41) is 2.48. The average Bonchev–Trinajstić information content (AvgIpc) is 2.53. The first-order valence-corrected chi connectivity index (χ1v) is 9.07. The van der Waals surface area contributed by atoms with Crippen LogP contribution in [-0.4, -0.2) is 27.9 Å². The van der Waals surface area contributed by atoms with E-state index in [0.717, 1.165) is 21.0 Å². The van der Waals surface area contributed by atoms with Crippen molar-refractivity contribution < 1.29 is 13.2 Å².